The zero-order chi connectivity index (χ0) is 13.1. The molecule has 1 aromatic heterocycles. The number of ether oxygens (including phenoxy) is 1. The first-order valence-electron chi connectivity index (χ1n) is 6.71. The summed E-state index contributed by atoms with van der Waals surface area (Å²) in [6.45, 7) is 7.96. The van der Waals surface area contributed by atoms with E-state index in [2.05, 4.69) is 35.9 Å². The van der Waals surface area contributed by atoms with Gasteiger partial charge in [0.1, 0.15) is 5.82 Å². The van der Waals surface area contributed by atoms with Gasteiger partial charge in [-0.05, 0) is 31.9 Å². The average Bonchev–Trinajstić information content (AvgIpc) is 2.39. The third kappa shape index (κ3) is 2.82. The highest BCUT2D eigenvalue weighted by molar-refractivity contribution is 5.41. The van der Waals surface area contributed by atoms with Crippen LogP contribution in [0.15, 0.2) is 18.3 Å². The Bertz CT molecular complexity index is 377. The van der Waals surface area contributed by atoms with Crippen molar-refractivity contribution in [2.24, 2.45) is 5.73 Å². The fourth-order valence-electron chi connectivity index (χ4n) is 2.30. The minimum Gasteiger partial charge on any atom is -0.375 e. The number of anilines is 1. The summed E-state index contributed by atoms with van der Waals surface area (Å²) in [4.78, 5) is 6.89. The van der Waals surface area contributed by atoms with E-state index in [-0.39, 0.29) is 12.1 Å². The lowest BCUT2D eigenvalue weighted by molar-refractivity contribution is 0.0296. The Labute approximate surface area is 109 Å². The van der Waals surface area contributed by atoms with Crippen LogP contribution in [0.4, 0.5) is 5.82 Å². The van der Waals surface area contributed by atoms with E-state index in [1.165, 1.54) is 0 Å². The van der Waals surface area contributed by atoms with E-state index in [4.69, 9.17) is 10.5 Å². The predicted octanol–water partition coefficient (Wildman–Crippen LogP) is 2.10. The van der Waals surface area contributed by atoms with Crippen LogP contribution in [0.5, 0.6) is 0 Å². The van der Waals surface area contributed by atoms with Gasteiger partial charge >= 0.3 is 0 Å². The average molecular weight is 249 g/mol. The maximum Gasteiger partial charge on any atom is 0.128 e. The van der Waals surface area contributed by atoms with Crippen molar-refractivity contribution >= 4 is 5.82 Å². The van der Waals surface area contributed by atoms with Gasteiger partial charge in [-0.15, -0.1) is 0 Å². The predicted molar refractivity (Wildman–Crippen MR) is 73.7 cm³/mol. The molecule has 1 aliphatic rings. The first-order valence-corrected chi connectivity index (χ1v) is 6.71. The van der Waals surface area contributed by atoms with Gasteiger partial charge in [-0.1, -0.05) is 13.0 Å². The number of aromatic nitrogens is 1. The van der Waals surface area contributed by atoms with Crippen molar-refractivity contribution < 1.29 is 4.74 Å². The van der Waals surface area contributed by atoms with Crippen LogP contribution in [-0.4, -0.2) is 30.3 Å². The van der Waals surface area contributed by atoms with Crippen molar-refractivity contribution in [2.75, 3.05) is 18.1 Å². The molecule has 0 radical (unpaired) electrons. The van der Waals surface area contributed by atoms with E-state index in [0.29, 0.717) is 6.04 Å². The highest BCUT2D eigenvalue weighted by atomic mass is 16.5. The fraction of sp³-hybridized carbons (Fsp3) is 0.643. The van der Waals surface area contributed by atoms with E-state index < -0.39 is 0 Å². The van der Waals surface area contributed by atoms with Crippen molar-refractivity contribution in [3.05, 3.63) is 23.9 Å². The maximum absolute atomic E-state index is 5.84. The number of hydrogen-bond acceptors (Lipinski definition) is 4. The maximum atomic E-state index is 5.84. The Morgan fingerprint density at radius 1 is 1.56 bits per heavy atom. The highest BCUT2D eigenvalue weighted by Gasteiger charge is 2.26. The standard InChI is InChI=1S/C14H23N3O/c1-4-13-9-18-10(2)8-17(13)14-6-5-12(7-16-14)11(3)15/h5-7,10-11,13H,4,8-9,15H2,1-3H3/t10?,11-,13?/m0/s1. The molecule has 2 N–H and O–H groups in total. The molecule has 18 heavy (non-hydrogen) atoms. The van der Waals surface area contributed by atoms with Crippen molar-refractivity contribution in [2.45, 2.75) is 45.4 Å². The van der Waals surface area contributed by atoms with Crippen molar-refractivity contribution in [1.82, 2.24) is 4.98 Å². The van der Waals surface area contributed by atoms with E-state index >= 15 is 0 Å². The molecule has 0 aromatic carbocycles. The van der Waals surface area contributed by atoms with Gasteiger partial charge in [-0.3, -0.25) is 0 Å². The lowest BCUT2D eigenvalue weighted by atomic mass is 10.1. The molecule has 2 rings (SSSR count). The summed E-state index contributed by atoms with van der Waals surface area (Å²) in [5.74, 6) is 1.03. The molecular weight excluding hydrogens is 226 g/mol. The van der Waals surface area contributed by atoms with Gasteiger partial charge in [-0.25, -0.2) is 4.98 Å². The lowest BCUT2D eigenvalue weighted by Crippen LogP contribution is -2.49. The Morgan fingerprint density at radius 2 is 2.33 bits per heavy atom. The molecule has 0 aliphatic carbocycles. The van der Waals surface area contributed by atoms with Gasteiger partial charge in [0.15, 0.2) is 0 Å². The second-order valence-electron chi connectivity index (χ2n) is 5.10. The number of morpholine rings is 1. The molecule has 1 aromatic rings. The number of hydrogen-bond donors (Lipinski definition) is 1. The van der Waals surface area contributed by atoms with Gasteiger partial charge in [0.05, 0.1) is 18.8 Å². The monoisotopic (exact) mass is 249 g/mol. The van der Waals surface area contributed by atoms with Gasteiger partial charge < -0.3 is 15.4 Å². The minimum absolute atomic E-state index is 0.0390. The summed E-state index contributed by atoms with van der Waals surface area (Å²) in [7, 11) is 0. The summed E-state index contributed by atoms with van der Waals surface area (Å²) in [5, 5.41) is 0. The normalized spacial score (nSPS) is 26.1. The molecule has 1 aliphatic heterocycles. The molecule has 1 fully saturated rings. The molecule has 0 saturated carbocycles. The van der Waals surface area contributed by atoms with E-state index in [1.807, 2.05) is 13.1 Å². The Kier molecular flexibility index (Phi) is 4.19. The second-order valence-corrected chi connectivity index (χ2v) is 5.10. The van der Waals surface area contributed by atoms with Crippen LogP contribution in [0.1, 0.15) is 38.8 Å². The molecule has 3 atom stereocenters. The summed E-state index contributed by atoms with van der Waals surface area (Å²) in [6, 6.07) is 4.60. The lowest BCUT2D eigenvalue weighted by Gasteiger charge is -2.39. The molecule has 4 heteroatoms. The highest BCUT2D eigenvalue weighted by Crippen LogP contribution is 2.22. The molecular formula is C14H23N3O. The third-order valence-corrected chi connectivity index (χ3v) is 3.53. The largest absolute Gasteiger partial charge is 0.375 e. The topological polar surface area (TPSA) is 51.4 Å². The van der Waals surface area contributed by atoms with Gasteiger partial charge in [0, 0.05) is 18.8 Å². The minimum atomic E-state index is 0.0390. The quantitative estimate of drug-likeness (QED) is 0.891. The van der Waals surface area contributed by atoms with Crippen LogP contribution in [0.3, 0.4) is 0 Å². The summed E-state index contributed by atoms with van der Waals surface area (Å²) in [6.07, 6.45) is 3.22. The Balaban J connectivity index is 2.17. The van der Waals surface area contributed by atoms with Gasteiger partial charge in [0.2, 0.25) is 0 Å². The van der Waals surface area contributed by atoms with E-state index in [9.17, 15) is 0 Å². The van der Waals surface area contributed by atoms with E-state index in [1.54, 1.807) is 0 Å². The van der Waals surface area contributed by atoms with Crippen LogP contribution >= 0.6 is 0 Å². The first-order chi connectivity index (χ1) is 8.61. The van der Waals surface area contributed by atoms with Crippen molar-refractivity contribution in [3.63, 3.8) is 0 Å². The van der Waals surface area contributed by atoms with Crippen LogP contribution in [0.2, 0.25) is 0 Å². The number of rotatable bonds is 3. The Morgan fingerprint density at radius 3 is 2.89 bits per heavy atom. The molecule has 0 amide bonds. The van der Waals surface area contributed by atoms with Gasteiger partial charge in [0.25, 0.3) is 0 Å². The van der Waals surface area contributed by atoms with Gasteiger partial charge in [-0.2, -0.15) is 0 Å². The first kappa shape index (κ1) is 13.3. The Hall–Kier alpha value is -1.13. The van der Waals surface area contributed by atoms with Crippen LogP contribution in [0, 0.1) is 0 Å². The molecule has 2 heterocycles. The molecule has 100 valence electrons. The van der Waals surface area contributed by atoms with Crippen LogP contribution in [0.25, 0.3) is 0 Å². The summed E-state index contributed by atoms with van der Waals surface area (Å²) >= 11 is 0. The molecule has 2 unspecified atom stereocenters. The molecule has 1 saturated heterocycles. The second kappa shape index (κ2) is 5.67. The fourth-order valence-corrected chi connectivity index (χ4v) is 2.30. The number of nitrogens with zero attached hydrogens (tertiary/aromatic N) is 2. The zero-order valence-electron chi connectivity index (χ0n) is 11.5. The van der Waals surface area contributed by atoms with Crippen LogP contribution in [-0.2, 0) is 4.74 Å². The number of nitrogens with two attached hydrogens (primary N) is 1. The summed E-state index contributed by atoms with van der Waals surface area (Å²) in [5.41, 5.74) is 6.92. The molecule has 0 spiro atoms. The SMILES string of the molecule is CCC1COC(C)CN1c1ccc([C@H](C)N)cn1. The molecule has 0 bridgehead atoms. The zero-order valence-corrected chi connectivity index (χ0v) is 11.5. The van der Waals surface area contributed by atoms with E-state index in [0.717, 1.165) is 31.0 Å². The van der Waals surface area contributed by atoms with Crippen LogP contribution < -0.4 is 10.6 Å². The smallest absolute Gasteiger partial charge is 0.128 e. The molecule has 4 nitrogen and oxygen atoms in total. The summed E-state index contributed by atoms with van der Waals surface area (Å²) < 4.78 is 5.71. The van der Waals surface area contributed by atoms with Crippen molar-refractivity contribution in [1.29, 1.82) is 0 Å². The number of pyridine rings is 1. The van der Waals surface area contributed by atoms with Crippen molar-refractivity contribution in [3.8, 4) is 0 Å². The third-order valence-electron chi connectivity index (χ3n) is 3.53.